The van der Waals surface area contributed by atoms with Gasteiger partial charge in [-0.15, -0.1) is 0 Å². The van der Waals surface area contributed by atoms with E-state index in [2.05, 4.69) is 4.98 Å². The maximum Gasteiger partial charge on any atom is 0.340 e. The third-order valence-electron chi connectivity index (χ3n) is 5.53. The molecule has 0 bridgehead atoms. The zero-order valence-electron chi connectivity index (χ0n) is 18.4. The summed E-state index contributed by atoms with van der Waals surface area (Å²) in [6.45, 7) is 4.32. The number of fused-ring (bicyclic) bond motifs is 1. The third kappa shape index (κ3) is 4.41. The van der Waals surface area contributed by atoms with Gasteiger partial charge >= 0.3 is 5.97 Å². The largest absolute Gasteiger partial charge is 0.497 e. The van der Waals surface area contributed by atoms with Crippen LogP contribution in [0.15, 0.2) is 42.5 Å². The normalized spacial score (nSPS) is 12.6. The summed E-state index contributed by atoms with van der Waals surface area (Å²) < 4.78 is 10.5. The summed E-state index contributed by atoms with van der Waals surface area (Å²) in [7, 11) is 1.61. The van der Waals surface area contributed by atoms with E-state index in [1.807, 2.05) is 24.3 Å². The molecule has 0 N–H and O–H groups in total. The van der Waals surface area contributed by atoms with Crippen LogP contribution in [0.3, 0.4) is 0 Å². The van der Waals surface area contributed by atoms with Gasteiger partial charge in [0.15, 0.2) is 0 Å². The molecule has 8 heteroatoms. The van der Waals surface area contributed by atoms with Crippen molar-refractivity contribution in [1.82, 2.24) is 9.88 Å². The van der Waals surface area contributed by atoms with Crippen LogP contribution in [0.25, 0.3) is 11.1 Å². The molecule has 170 valence electrons. The first-order valence-electron chi connectivity index (χ1n) is 10.4. The van der Waals surface area contributed by atoms with Crippen LogP contribution in [0.4, 0.5) is 0 Å². The molecule has 2 heterocycles. The molecule has 0 saturated heterocycles. The molecule has 3 aromatic rings. The fourth-order valence-corrected chi connectivity index (χ4v) is 4.51. The van der Waals surface area contributed by atoms with Crippen LogP contribution in [0, 0.1) is 6.92 Å². The van der Waals surface area contributed by atoms with Gasteiger partial charge in [-0.05, 0) is 43.7 Å². The molecular formula is C25H22Cl2N2O4. The Bertz CT molecular complexity index is 1240. The van der Waals surface area contributed by atoms with Gasteiger partial charge in [-0.2, -0.15) is 0 Å². The molecule has 0 radical (unpaired) electrons. The van der Waals surface area contributed by atoms with Crippen molar-refractivity contribution < 1.29 is 19.1 Å². The predicted octanol–water partition coefficient (Wildman–Crippen LogP) is 5.71. The minimum absolute atomic E-state index is 0.203. The molecule has 0 aliphatic carbocycles. The van der Waals surface area contributed by atoms with Crippen LogP contribution in [0.2, 0.25) is 10.0 Å². The molecule has 0 saturated carbocycles. The number of esters is 1. The molecular weight excluding hydrogens is 463 g/mol. The maximum atomic E-state index is 13.3. The van der Waals surface area contributed by atoms with Crippen LogP contribution in [0.5, 0.6) is 5.75 Å². The zero-order valence-corrected chi connectivity index (χ0v) is 20.0. The highest BCUT2D eigenvalue weighted by atomic mass is 35.5. The number of aryl methyl sites for hydroxylation is 1. The van der Waals surface area contributed by atoms with Gasteiger partial charge in [0.1, 0.15) is 11.4 Å². The van der Waals surface area contributed by atoms with E-state index in [1.165, 1.54) is 0 Å². The maximum absolute atomic E-state index is 13.3. The fraction of sp³-hybridized carbons (Fsp3) is 0.240. The minimum Gasteiger partial charge on any atom is -0.497 e. The number of ether oxygens (including phenoxy) is 2. The highest BCUT2D eigenvalue weighted by Crippen LogP contribution is 2.40. The number of carbonyl (C=O) groups excluding carboxylic acids is 2. The molecule has 1 aliphatic heterocycles. The van der Waals surface area contributed by atoms with Crippen molar-refractivity contribution in [2.24, 2.45) is 0 Å². The minimum atomic E-state index is -0.507. The number of amides is 1. The first kappa shape index (κ1) is 23.1. The summed E-state index contributed by atoms with van der Waals surface area (Å²) in [5.74, 6) is 0.0313. The van der Waals surface area contributed by atoms with Crippen LogP contribution >= 0.6 is 23.2 Å². The van der Waals surface area contributed by atoms with Crippen molar-refractivity contribution in [2.75, 3.05) is 13.7 Å². The summed E-state index contributed by atoms with van der Waals surface area (Å²) in [5, 5.41) is 0.850. The molecule has 1 aromatic heterocycles. The number of rotatable bonds is 6. The average Bonchev–Trinajstić information content (AvgIpc) is 3.09. The number of hydrogen-bond donors (Lipinski definition) is 0. The second-order valence-electron chi connectivity index (χ2n) is 7.63. The summed E-state index contributed by atoms with van der Waals surface area (Å²) in [6.07, 6.45) is 0. The summed E-state index contributed by atoms with van der Waals surface area (Å²) in [6, 6.07) is 12.6. The third-order valence-corrected chi connectivity index (χ3v) is 6.08. The van der Waals surface area contributed by atoms with Crippen molar-refractivity contribution in [1.29, 1.82) is 0 Å². The quantitative estimate of drug-likeness (QED) is 0.419. The Kier molecular flexibility index (Phi) is 6.58. The summed E-state index contributed by atoms with van der Waals surface area (Å²) in [5.41, 5.74) is 3.78. The van der Waals surface area contributed by atoms with E-state index >= 15 is 0 Å². The van der Waals surface area contributed by atoms with E-state index in [0.29, 0.717) is 50.2 Å². The molecule has 0 fully saturated rings. The van der Waals surface area contributed by atoms with Gasteiger partial charge in [0, 0.05) is 39.8 Å². The van der Waals surface area contributed by atoms with E-state index in [1.54, 1.807) is 44.1 Å². The first-order valence-corrected chi connectivity index (χ1v) is 11.2. The number of nitrogens with zero attached hydrogens (tertiary/aromatic N) is 2. The number of hydrogen-bond acceptors (Lipinski definition) is 5. The van der Waals surface area contributed by atoms with Crippen LogP contribution in [-0.2, 0) is 17.8 Å². The van der Waals surface area contributed by atoms with Crippen LogP contribution in [-0.4, -0.2) is 35.5 Å². The van der Waals surface area contributed by atoms with Gasteiger partial charge in [-0.1, -0.05) is 41.4 Å². The topological polar surface area (TPSA) is 68.7 Å². The van der Waals surface area contributed by atoms with Gasteiger partial charge < -0.3 is 14.4 Å². The Labute approximate surface area is 202 Å². The Hall–Kier alpha value is -3.09. The summed E-state index contributed by atoms with van der Waals surface area (Å²) in [4.78, 5) is 32.4. The number of aromatic nitrogens is 1. The molecule has 6 nitrogen and oxygen atoms in total. The second-order valence-corrected chi connectivity index (χ2v) is 8.47. The number of halogens is 2. The molecule has 1 aliphatic rings. The first-order chi connectivity index (χ1) is 15.8. The molecule has 1 amide bonds. The van der Waals surface area contributed by atoms with E-state index < -0.39 is 5.97 Å². The lowest BCUT2D eigenvalue weighted by atomic mass is 9.93. The van der Waals surface area contributed by atoms with Gasteiger partial charge in [-0.3, -0.25) is 4.79 Å². The van der Waals surface area contributed by atoms with E-state index in [9.17, 15) is 9.59 Å². The lowest BCUT2D eigenvalue weighted by Crippen LogP contribution is -2.23. The zero-order chi connectivity index (χ0) is 23.7. The van der Waals surface area contributed by atoms with E-state index in [-0.39, 0.29) is 19.1 Å². The predicted molar refractivity (Wildman–Crippen MR) is 127 cm³/mol. The van der Waals surface area contributed by atoms with Crippen LogP contribution in [0.1, 0.15) is 44.6 Å². The SMILES string of the molecule is CCOC(=O)c1c(C)nc2c(c1-c1ccc(Cl)cc1Cl)CN(Cc1ccc(OC)cc1)C2=O. The number of carbonyl (C=O) groups is 2. The van der Waals surface area contributed by atoms with Gasteiger partial charge in [0.05, 0.1) is 25.0 Å². The molecule has 0 spiro atoms. The second kappa shape index (κ2) is 9.41. The van der Waals surface area contributed by atoms with Crippen molar-refractivity contribution >= 4 is 35.1 Å². The molecule has 33 heavy (non-hydrogen) atoms. The van der Waals surface area contributed by atoms with Gasteiger partial charge in [-0.25, -0.2) is 9.78 Å². The number of pyridine rings is 1. The molecule has 0 unspecified atom stereocenters. The lowest BCUT2D eigenvalue weighted by molar-refractivity contribution is 0.0525. The van der Waals surface area contributed by atoms with Gasteiger partial charge in [0.25, 0.3) is 5.91 Å². The van der Waals surface area contributed by atoms with E-state index in [4.69, 9.17) is 32.7 Å². The Morgan fingerprint density at radius 2 is 1.88 bits per heavy atom. The Morgan fingerprint density at radius 1 is 1.15 bits per heavy atom. The average molecular weight is 485 g/mol. The van der Waals surface area contributed by atoms with Crippen molar-refractivity contribution in [3.8, 4) is 16.9 Å². The summed E-state index contributed by atoms with van der Waals surface area (Å²) >= 11 is 12.6. The monoisotopic (exact) mass is 484 g/mol. The fourth-order valence-electron chi connectivity index (χ4n) is 4.01. The highest BCUT2D eigenvalue weighted by molar-refractivity contribution is 6.36. The molecule has 4 rings (SSSR count). The van der Waals surface area contributed by atoms with Crippen molar-refractivity contribution in [3.05, 3.63) is 80.6 Å². The number of benzene rings is 2. The highest BCUT2D eigenvalue weighted by Gasteiger charge is 2.35. The van der Waals surface area contributed by atoms with Gasteiger partial charge in [0.2, 0.25) is 0 Å². The van der Waals surface area contributed by atoms with Crippen LogP contribution < -0.4 is 4.74 Å². The van der Waals surface area contributed by atoms with E-state index in [0.717, 1.165) is 11.3 Å². The molecule has 2 aromatic carbocycles. The smallest absolute Gasteiger partial charge is 0.340 e. The Balaban J connectivity index is 1.82. The Morgan fingerprint density at radius 3 is 2.52 bits per heavy atom. The molecule has 0 atom stereocenters. The number of methoxy groups -OCH3 is 1. The van der Waals surface area contributed by atoms with Crippen molar-refractivity contribution in [3.63, 3.8) is 0 Å². The standard InChI is InChI=1S/C25H22Cl2N2O4/c1-4-33-25(31)21-14(2)28-23-19(22(21)18-10-7-16(26)11-20(18)27)13-29(24(23)30)12-15-5-8-17(32-3)9-6-15/h5-11H,4,12-13H2,1-3H3. The van der Waals surface area contributed by atoms with Crippen molar-refractivity contribution in [2.45, 2.75) is 26.9 Å². The lowest BCUT2D eigenvalue weighted by Gasteiger charge is -2.17.